The van der Waals surface area contributed by atoms with Crippen molar-refractivity contribution in [3.8, 4) is 45.5 Å². The second kappa shape index (κ2) is 14.8. The number of hydrogen-bond donors (Lipinski definition) is 0. The van der Waals surface area contributed by atoms with Gasteiger partial charge in [0.1, 0.15) is 0 Å². The first-order chi connectivity index (χ1) is 34.2. The van der Waals surface area contributed by atoms with Crippen LogP contribution in [0, 0.1) is 0 Å². The summed E-state index contributed by atoms with van der Waals surface area (Å²) in [6.45, 7) is 0. The summed E-state index contributed by atoms with van der Waals surface area (Å²) in [6.07, 6.45) is 0. The van der Waals surface area contributed by atoms with Crippen LogP contribution >= 0.6 is 11.3 Å². The normalized spacial score (nSPS) is 12.1. The molecule has 0 atom stereocenters. The summed E-state index contributed by atoms with van der Waals surface area (Å²) in [5.41, 5.74) is 9.70. The number of para-hydroxylation sites is 3. The van der Waals surface area contributed by atoms with Gasteiger partial charge in [-0.25, -0.2) is 4.98 Å². The minimum absolute atomic E-state index is 0.575. The SMILES string of the molecule is c1ccc(-c2nc(-c3ccc4c(c3)sc3ccccc34)nc(-n3c4ccccc4c4cc5c(cc43)c3ccccc3n5-c3ccccc3-c3ccc4c5ccccc5c5ccccc5c4c3)n2)cc1. The number of benzene rings is 11. The molecular weight excluding hydrogens is 859 g/mol. The Morgan fingerprint density at radius 2 is 0.768 bits per heavy atom. The molecule has 0 radical (unpaired) electrons. The third kappa shape index (κ3) is 5.73. The van der Waals surface area contributed by atoms with Crippen LogP contribution in [-0.4, -0.2) is 24.1 Å². The van der Waals surface area contributed by atoms with Gasteiger partial charge in [-0.05, 0) is 86.4 Å². The zero-order chi connectivity index (χ0) is 45.2. The first-order valence-corrected chi connectivity index (χ1v) is 24.2. The van der Waals surface area contributed by atoms with E-state index in [0.717, 1.165) is 55.0 Å². The van der Waals surface area contributed by atoms with Crippen molar-refractivity contribution in [1.82, 2.24) is 24.1 Å². The molecule has 0 amide bonds. The van der Waals surface area contributed by atoms with Gasteiger partial charge in [0, 0.05) is 58.4 Å². The Balaban J connectivity index is 0.966. The van der Waals surface area contributed by atoms with Gasteiger partial charge >= 0.3 is 0 Å². The first-order valence-electron chi connectivity index (χ1n) is 23.3. The molecule has 0 aliphatic rings. The molecule has 0 aliphatic carbocycles. The van der Waals surface area contributed by atoms with E-state index in [9.17, 15) is 0 Å². The molecule has 0 fully saturated rings. The summed E-state index contributed by atoms with van der Waals surface area (Å²) in [5, 5.41) is 14.7. The highest BCUT2D eigenvalue weighted by Crippen LogP contribution is 2.43. The molecule has 0 bridgehead atoms. The number of aromatic nitrogens is 5. The van der Waals surface area contributed by atoms with Crippen LogP contribution in [0.5, 0.6) is 0 Å². The first kappa shape index (κ1) is 38.2. The van der Waals surface area contributed by atoms with Crippen molar-refractivity contribution in [2.45, 2.75) is 0 Å². The van der Waals surface area contributed by atoms with Crippen LogP contribution in [-0.2, 0) is 0 Å². The third-order valence-electron chi connectivity index (χ3n) is 14.2. The van der Waals surface area contributed by atoms with Crippen molar-refractivity contribution in [2.75, 3.05) is 0 Å². The van der Waals surface area contributed by atoms with Crippen LogP contribution in [0.25, 0.3) is 142 Å². The molecule has 69 heavy (non-hydrogen) atoms. The van der Waals surface area contributed by atoms with E-state index in [1.807, 2.05) is 18.2 Å². The van der Waals surface area contributed by atoms with Gasteiger partial charge in [0.25, 0.3) is 0 Å². The van der Waals surface area contributed by atoms with Crippen LogP contribution in [0.1, 0.15) is 0 Å². The van der Waals surface area contributed by atoms with Crippen molar-refractivity contribution >= 4 is 107 Å². The van der Waals surface area contributed by atoms with Crippen molar-refractivity contribution in [1.29, 1.82) is 0 Å². The van der Waals surface area contributed by atoms with Gasteiger partial charge in [-0.2, -0.15) is 9.97 Å². The topological polar surface area (TPSA) is 48.5 Å². The summed E-state index contributed by atoms with van der Waals surface area (Å²) >= 11 is 1.80. The molecule has 0 N–H and O–H groups in total. The Kier molecular flexibility index (Phi) is 8.17. The molecule has 320 valence electrons. The second-order valence-corrected chi connectivity index (χ2v) is 19.0. The minimum atomic E-state index is 0.575. The van der Waals surface area contributed by atoms with E-state index < -0.39 is 0 Å². The maximum absolute atomic E-state index is 5.37. The molecule has 11 aromatic carbocycles. The number of rotatable bonds is 5. The molecule has 4 heterocycles. The maximum atomic E-state index is 5.37. The van der Waals surface area contributed by atoms with Gasteiger partial charge in [0.15, 0.2) is 11.6 Å². The lowest BCUT2D eigenvalue weighted by Crippen LogP contribution is -2.06. The van der Waals surface area contributed by atoms with Gasteiger partial charge in [-0.3, -0.25) is 4.57 Å². The molecule has 6 heteroatoms. The molecule has 0 unspecified atom stereocenters. The monoisotopic (exact) mass is 895 g/mol. The molecule has 5 nitrogen and oxygen atoms in total. The van der Waals surface area contributed by atoms with Crippen molar-refractivity contribution in [2.24, 2.45) is 0 Å². The highest BCUT2D eigenvalue weighted by molar-refractivity contribution is 7.25. The number of nitrogens with zero attached hydrogens (tertiary/aromatic N) is 5. The Hall–Kier alpha value is -8.97. The van der Waals surface area contributed by atoms with Crippen LogP contribution in [0.4, 0.5) is 0 Å². The van der Waals surface area contributed by atoms with Crippen molar-refractivity contribution in [3.63, 3.8) is 0 Å². The van der Waals surface area contributed by atoms with Gasteiger partial charge < -0.3 is 4.57 Å². The third-order valence-corrected chi connectivity index (χ3v) is 15.3. The zero-order valence-corrected chi connectivity index (χ0v) is 37.8. The van der Waals surface area contributed by atoms with Crippen LogP contribution in [0.2, 0.25) is 0 Å². The smallest absolute Gasteiger partial charge is 0.238 e. The van der Waals surface area contributed by atoms with Crippen molar-refractivity contribution < 1.29 is 0 Å². The lowest BCUT2D eigenvalue weighted by molar-refractivity contribution is 0.954. The molecule has 0 saturated carbocycles. The number of fused-ring (bicyclic) bond motifs is 15. The van der Waals surface area contributed by atoms with Gasteiger partial charge in [-0.15, -0.1) is 11.3 Å². The molecule has 0 spiro atoms. The molecule has 0 saturated heterocycles. The second-order valence-electron chi connectivity index (χ2n) is 17.9. The largest absolute Gasteiger partial charge is 0.309 e. The van der Waals surface area contributed by atoms with E-state index in [0.29, 0.717) is 17.6 Å². The Bertz CT molecular complexity index is 4580. The predicted octanol–water partition coefficient (Wildman–Crippen LogP) is 16.9. The molecular formula is C63H37N5S. The van der Waals surface area contributed by atoms with Gasteiger partial charge in [-0.1, -0.05) is 176 Å². The van der Waals surface area contributed by atoms with Crippen molar-refractivity contribution in [3.05, 3.63) is 224 Å². The van der Waals surface area contributed by atoms with E-state index in [4.69, 9.17) is 15.0 Å². The van der Waals surface area contributed by atoms with Crippen LogP contribution < -0.4 is 0 Å². The number of thiophene rings is 1. The predicted molar refractivity (Wildman–Crippen MR) is 290 cm³/mol. The summed E-state index contributed by atoms with van der Waals surface area (Å²) in [4.78, 5) is 15.9. The summed E-state index contributed by atoms with van der Waals surface area (Å²) in [5.74, 6) is 1.84. The average molecular weight is 896 g/mol. The molecule has 0 aliphatic heterocycles. The van der Waals surface area contributed by atoms with E-state index in [2.05, 4.69) is 215 Å². The average Bonchev–Trinajstić information content (AvgIpc) is 4.07. The van der Waals surface area contributed by atoms with E-state index in [-0.39, 0.29) is 0 Å². The summed E-state index contributed by atoms with van der Waals surface area (Å²) < 4.78 is 7.18. The molecule has 15 aromatic rings. The highest BCUT2D eigenvalue weighted by Gasteiger charge is 2.23. The van der Waals surface area contributed by atoms with E-state index in [1.165, 1.54) is 69.0 Å². The minimum Gasteiger partial charge on any atom is -0.309 e. The fourth-order valence-corrected chi connectivity index (χ4v) is 12.2. The van der Waals surface area contributed by atoms with E-state index in [1.54, 1.807) is 11.3 Å². The number of hydrogen-bond acceptors (Lipinski definition) is 4. The van der Waals surface area contributed by atoms with Gasteiger partial charge in [0.2, 0.25) is 5.95 Å². The summed E-state index contributed by atoms with van der Waals surface area (Å²) in [6, 6.07) is 81.1. The lowest BCUT2D eigenvalue weighted by Gasteiger charge is -2.16. The standard InChI is InChI=1S/C63H37N5S/c1-2-16-38(17-3-1)61-64-62(40-31-33-50-49-25-11-15-29-59(49)69-60(50)35-40)66-63(65-61)68-56-28-14-10-24-48(56)53-36-57-52(37-58(53)68)47-23-9-13-27-55(47)67(57)54-26-12-8-18-41(54)39-30-32-46-44-21-5-4-19-42(44)43-20-6-7-22-45(43)51(46)34-39/h1-37H. The fourth-order valence-electron chi connectivity index (χ4n) is 11.1. The Morgan fingerprint density at radius 1 is 0.275 bits per heavy atom. The maximum Gasteiger partial charge on any atom is 0.238 e. The zero-order valence-electron chi connectivity index (χ0n) is 37.0. The highest BCUT2D eigenvalue weighted by atomic mass is 32.1. The molecule has 4 aromatic heterocycles. The molecule has 15 rings (SSSR count). The van der Waals surface area contributed by atoms with Crippen LogP contribution in [0.15, 0.2) is 224 Å². The lowest BCUT2D eigenvalue weighted by atomic mass is 9.92. The quantitative estimate of drug-likeness (QED) is 0.162. The Labute approximate surface area is 399 Å². The summed E-state index contributed by atoms with van der Waals surface area (Å²) in [7, 11) is 0. The van der Waals surface area contributed by atoms with Crippen LogP contribution in [0.3, 0.4) is 0 Å². The fraction of sp³-hybridized carbons (Fsp3) is 0. The van der Waals surface area contributed by atoms with E-state index >= 15 is 0 Å². The Morgan fingerprint density at radius 3 is 1.48 bits per heavy atom. The van der Waals surface area contributed by atoms with Gasteiger partial charge in [0.05, 0.1) is 27.8 Å².